The van der Waals surface area contributed by atoms with Gasteiger partial charge >= 0.3 is 10.1 Å². The van der Waals surface area contributed by atoms with Gasteiger partial charge in [-0.05, 0) is 12.2 Å². The summed E-state index contributed by atoms with van der Waals surface area (Å²) < 4.78 is 24.7. The second-order valence-corrected chi connectivity index (χ2v) is 2.71. The van der Waals surface area contributed by atoms with E-state index in [1.807, 2.05) is 0 Å². The van der Waals surface area contributed by atoms with E-state index < -0.39 is 10.1 Å². The molecule has 4 nitrogen and oxygen atoms in total. The minimum Gasteiger partial charge on any atom is -0.329 e. The first kappa shape index (κ1) is 6.31. The number of allylic oxidation sites excluding steroid dienone is 2. The lowest BCUT2D eigenvalue weighted by molar-refractivity contribution is -0.140. The normalized spacial score (nSPS) is 22.7. The molecule has 0 atom stereocenters. The first-order valence-corrected chi connectivity index (χ1v) is 3.61. The number of hydrogen-bond acceptors (Lipinski definition) is 4. The van der Waals surface area contributed by atoms with Gasteiger partial charge in [0.05, 0.1) is 5.41 Å². The molecule has 0 amide bonds. The highest BCUT2D eigenvalue weighted by Gasteiger charge is 2.06. The Bertz CT molecular complexity index is 235. The molecule has 1 aliphatic heterocycles. The lowest BCUT2D eigenvalue weighted by Gasteiger charge is -1.91. The van der Waals surface area contributed by atoms with Crippen LogP contribution in [0.4, 0.5) is 0 Å². The van der Waals surface area contributed by atoms with Gasteiger partial charge in [0.25, 0.3) is 0 Å². The molecule has 50 valence electrons. The second-order valence-electron chi connectivity index (χ2n) is 1.31. The van der Waals surface area contributed by atoms with E-state index in [1.54, 1.807) is 0 Å². The highest BCUT2D eigenvalue weighted by molar-refractivity contribution is 7.89. The predicted molar refractivity (Wildman–Crippen MR) is 29.4 cm³/mol. The largest absolute Gasteiger partial charge is 0.329 e. The lowest BCUT2D eigenvalue weighted by Crippen LogP contribution is -1.97. The molecule has 0 radical (unpaired) electrons. The number of rotatable bonds is 0. The third-order valence-electron chi connectivity index (χ3n) is 0.625. The quantitative estimate of drug-likeness (QED) is 0.464. The van der Waals surface area contributed by atoms with Gasteiger partial charge in [-0.1, -0.05) is 4.33 Å². The van der Waals surface area contributed by atoms with Crippen LogP contribution in [0, 0.1) is 0 Å². The maximum absolute atomic E-state index is 10.4. The van der Waals surface area contributed by atoms with E-state index in [4.69, 9.17) is 0 Å². The van der Waals surface area contributed by atoms with Crippen LogP contribution in [0.2, 0.25) is 0 Å². The van der Waals surface area contributed by atoms with Crippen molar-refractivity contribution in [2.45, 2.75) is 0 Å². The third-order valence-corrected chi connectivity index (χ3v) is 1.38. The van der Waals surface area contributed by atoms with Gasteiger partial charge in [-0.3, -0.25) is 0 Å². The first-order valence-electron chi connectivity index (χ1n) is 2.14. The fraction of sp³-hybridized carbons (Fsp3) is 0. The van der Waals surface area contributed by atoms with Crippen LogP contribution in [0.3, 0.4) is 0 Å². The van der Waals surface area contributed by atoms with Gasteiger partial charge in [0, 0.05) is 0 Å². The summed E-state index contributed by atoms with van der Waals surface area (Å²) in [5.74, 6) is 0. The Balaban J connectivity index is 2.87. The van der Waals surface area contributed by atoms with Crippen molar-refractivity contribution < 1.29 is 17.6 Å². The fourth-order valence-corrected chi connectivity index (χ4v) is 0.803. The van der Waals surface area contributed by atoms with E-state index in [1.165, 1.54) is 12.2 Å². The van der Waals surface area contributed by atoms with Crippen LogP contribution in [-0.2, 0) is 19.3 Å². The monoisotopic (exact) mass is 148 g/mol. The standard InChI is InChI=1S/C4H4O4S/c5-9(6)4-2-1-3-7-8-9/h1-4H. The Morgan fingerprint density at radius 2 is 2.00 bits per heavy atom. The summed E-state index contributed by atoms with van der Waals surface area (Å²) in [4.78, 5) is 4.08. The summed E-state index contributed by atoms with van der Waals surface area (Å²) in [6.45, 7) is 0. The summed E-state index contributed by atoms with van der Waals surface area (Å²) in [7, 11) is -3.58. The molecule has 0 aliphatic carbocycles. The maximum atomic E-state index is 10.4. The predicted octanol–water partition coefficient (Wildman–Crippen LogP) is 0.305. The van der Waals surface area contributed by atoms with E-state index >= 15 is 0 Å². The molecule has 0 aromatic heterocycles. The number of hydrogen-bond donors (Lipinski definition) is 0. The lowest BCUT2D eigenvalue weighted by atomic mass is 10.6. The minimum absolute atomic E-state index is 0.899. The molecule has 0 aromatic rings. The molecule has 5 heteroatoms. The van der Waals surface area contributed by atoms with E-state index in [-0.39, 0.29) is 0 Å². The SMILES string of the molecule is O=S1(=O)C=CC=COO1. The molecule has 0 N–H and O–H groups in total. The highest BCUT2D eigenvalue weighted by atomic mass is 32.2. The van der Waals surface area contributed by atoms with Gasteiger partial charge in [0.15, 0.2) is 0 Å². The van der Waals surface area contributed by atoms with Gasteiger partial charge in [-0.25, -0.2) is 0 Å². The van der Waals surface area contributed by atoms with E-state index in [9.17, 15) is 8.42 Å². The second kappa shape index (κ2) is 2.20. The Morgan fingerprint density at radius 1 is 1.22 bits per heavy atom. The maximum Gasteiger partial charge on any atom is 0.325 e. The van der Waals surface area contributed by atoms with E-state index in [2.05, 4.69) is 9.22 Å². The van der Waals surface area contributed by atoms with Gasteiger partial charge in [-0.2, -0.15) is 8.42 Å². The van der Waals surface area contributed by atoms with Crippen LogP contribution in [0.1, 0.15) is 0 Å². The molecule has 0 unspecified atom stereocenters. The van der Waals surface area contributed by atoms with Crippen LogP contribution in [0.25, 0.3) is 0 Å². The molecular formula is C4H4O4S. The summed E-state index contributed by atoms with van der Waals surface area (Å²) in [5, 5.41) is 0.899. The van der Waals surface area contributed by atoms with Crippen molar-refractivity contribution in [2.24, 2.45) is 0 Å². The van der Waals surface area contributed by atoms with Gasteiger partial charge < -0.3 is 4.89 Å². The molecule has 0 saturated carbocycles. The zero-order valence-electron chi connectivity index (χ0n) is 4.35. The van der Waals surface area contributed by atoms with Crippen LogP contribution >= 0.6 is 0 Å². The van der Waals surface area contributed by atoms with Crippen molar-refractivity contribution in [1.82, 2.24) is 0 Å². The smallest absolute Gasteiger partial charge is 0.325 e. The third kappa shape index (κ3) is 1.87. The van der Waals surface area contributed by atoms with Crippen LogP contribution in [0.5, 0.6) is 0 Å². The first-order chi connectivity index (χ1) is 4.21. The van der Waals surface area contributed by atoms with Crippen LogP contribution in [0.15, 0.2) is 23.8 Å². The summed E-state index contributed by atoms with van der Waals surface area (Å²) in [5.41, 5.74) is 0. The van der Waals surface area contributed by atoms with Crippen molar-refractivity contribution in [3.63, 3.8) is 0 Å². The summed E-state index contributed by atoms with van der Waals surface area (Å²) in [6, 6.07) is 0. The van der Waals surface area contributed by atoms with Crippen LogP contribution < -0.4 is 0 Å². The van der Waals surface area contributed by atoms with E-state index in [0.717, 1.165) is 11.7 Å². The Labute approximate surface area is 52.4 Å². The van der Waals surface area contributed by atoms with E-state index in [0.29, 0.717) is 0 Å². The fourth-order valence-electron chi connectivity index (χ4n) is 0.319. The minimum atomic E-state index is -3.58. The van der Waals surface area contributed by atoms with Crippen molar-refractivity contribution in [3.05, 3.63) is 23.8 Å². The van der Waals surface area contributed by atoms with Gasteiger partial charge in [-0.15, -0.1) is 0 Å². The molecule has 1 rings (SSSR count). The Kier molecular flexibility index (Phi) is 1.54. The molecule has 1 aliphatic rings. The highest BCUT2D eigenvalue weighted by Crippen LogP contribution is 2.00. The Morgan fingerprint density at radius 3 is 2.78 bits per heavy atom. The zero-order valence-corrected chi connectivity index (χ0v) is 5.17. The molecule has 1 heterocycles. The topological polar surface area (TPSA) is 52.6 Å². The summed E-state index contributed by atoms with van der Waals surface area (Å²) >= 11 is 0. The molecule has 9 heavy (non-hydrogen) atoms. The average molecular weight is 148 g/mol. The molecular weight excluding hydrogens is 144 g/mol. The van der Waals surface area contributed by atoms with Crippen molar-refractivity contribution in [3.8, 4) is 0 Å². The van der Waals surface area contributed by atoms with Gasteiger partial charge in [0.1, 0.15) is 6.26 Å². The molecule has 0 saturated heterocycles. The molecule has 0 aromatic carbocycles. The van der Waals surface area contributed by atoms with Crippen molar-refractivity contribution in [1.29, 1.82) is 0 Å². The van der Waals surface area contributed by atoms with Gasteiger partial charge in [0.2, 0.25) is 0 Å². The molecule has 0 spiro atoms. The van der Waals surface area contributed by atoms with Crippen molar-refractivity contribution >= 4 is 10.1 Å². The summed E-state index contributed by atoms with van der Waals surface area (Å²) in [6.07, 6.45) is 3.84. The Hall–Kier alpha value is -0.810. The van der Waals surface area contributed by atoms with Crippen LogP contribution in [-0.4, -0.2) is 8.42 Å². The van der Waals surface area contributed by atoms with Crippen molar-refractivity contribution in [2.75, 3.05) is 0 Å². The molecule has 0 bridgehead atoms. The zero-order chi connectivity index (χ0) is 6.74. The molecule has 0 fully saturated rings. The average Bonchev–Trinajstić information content (AvgIpc) is 1.92.